The molecule has 0 saturated heterocycles. The summed E-state index contributed by atoms with van der Waals surface area (Å²) in [7, 11) is 1.58. The molecule has 0 N–H and O–H groups in total. The number of nitrogens with zero attached hydrogens (tertiary/aromatic N) is 1. The van der Waals surface area contributed by atoms with E-state index in [9.17, 15) is 9.59 Å². The molecule has 0 fully saturated rings. The van der Waals surface area contributed by atoms with E-state index in [1.54, 1.807) is 46.0 Å². The molecular weight excluding hydrogens is 294 g/mol. The SMILES string of the molecule is CN(CCOC(=O)c1cccc(Cl)c1)C(=O)OC(C)(C)C. The van der Waals surface area contributed by atoms with Gasteiger partial charge in [0, 0.05) is 12.1 Å². The normalized spacial score (nSPS) is 10.9. The molecule has 1 aromatic rings. The molecule has 0 radical (unpaired) electrons. The zero-order chi connectivity index (χ0) is 16.0. The Balaban J connectivity index is 2.39. The van der Waals surface area contributed by atoms with E-state index in [-0.39, 0.29) is 13.2 Å². The van der Waals surface area contributed by atoms with Crippen LogP contribution >= 0.6 is 11.6 Å². The van der Waals surface area contributed by atoms with Gasteiger partial charge >= 0.3 is 12.1 Å². The Kier molecular flexibility index (Phi) is 6.03. The lowest BCUT2D eigenvalue weighted by Gasteiger charge is -2.24. The van der Waals surface area contributed by atoms with Crippen molar-refractivity contribution in [1.82, 2.24) is 4.90 Å². The summed E-state index contributed by atoms with van der Waals surface area (Å²) in [4.78, 5) is 24.8. The van der Waals surface area contributed by atoms with Crippen molar-refractivity contribution in [2.24, 2.45) is 0 Å². The van der Waals surface area contributed by atoms with Crippen LogP contribution in [0, 0.1) is 0 Å². The number of ether oxygens (including phenoxy) is 2. The maximum absolute atomic E-state index is 11.8. The first-order chi connectivity index (χ1) is 9.69. The molecule has 1 rings (SSSR count). The lowest BCUT2D eigenvalue weighted by Crippen LogP contribution is -2.36. The van der Waals surface area contributed by atoms with Crippen molar-refractivity contribution in [3.05, 3.63) is 34.9 Å². The minimum atomic E-state index is -0.553. The fourth-order valence-corrected chi connectivity index (χ4v) is 1.60. The van der Waals surface area contributed by atoms with Gasteiger partial charge in [-0.3, -0.25) is 0 Å². The zero-order valence-electron chi connectivity index (χ0n) is 12.7. The topological polar surface area (TPSA) is 55.8 Å². The summed E-state index contributed by atoms with van der Waals surface area (Å²) in [5.41, 5.74) is -0.176. The molecule has 0 spiro atoms. The Morgan fingerprint density at radius 3 is 2.52 bits per heavy atom. The van der Waals surface area contributed by atoms with Gasteiger partial charge in [-0.2, -0.15) is 0 Å². The Morgan fingerprint density at radius 1 is 1.29 bits per heavy atom. The third-order valence-corrected chi connectivity index (χ3v) is 2.66. The van der Waals surface area contributed by atoms with Crippen molar-refractivity contribution in [1.29, 1.82) is 0 Å². The van der Waals surface area contributed by atoms with E-state index >= 15 is 0 Å². The number of rotatable bonds is 4. The van der Waals surface area contributed by atoms with Gasteiger partial charge in [-0.1, -0.05) is 17.7 Å². The Morgan fingerprint density at radius 2 is 1.95 bits per heavy atom. The van der Waals surface area contributed by atoms with Crippen LogP contribution in [0.4, 0.5) is 4.79 Å². The number of esters is 1. The highest BCUT2D eigenvalue weighted by atomic mass is 35.5. The summed E-state index contributed by atoms with van der Waals surface area (Å²) in [6.07, 6.45) is -0.457. The van der Waals surface area contributed by atoms with Gasteiger partial charge < -0.3 is 14.4 Å². The molecule has 0 aliphatic heterocycles. The largest absolute Gasteiger partial charge is 0.460 e. The molecule has 1 amide bonds. The second-order valence-electron chi connectivity index (χ2n) is 5.55. The molecule has 6 heteroatoms. The highest BCUT2D eigenvalue weighted by molar-refractivity contribution is 6.30. The summed E-state index contributed by atoms with van der Waals surface area (Å²) in [5.74, 6) is -0.477. The molecule has 5 nitrogen and oxygen atoms in total. The van der Waals surface area contributed by atoms with Gasteiger partial charge in [-0.25, -0.2) is 9.59 Å². The molecule has 0 unspecified atom stereocenters. The number of likely N-dealkylation sites (N-methyl/N-ethyl adjacent to an activating group) is 1. The molecule has 0 bridgehead atoms. The fourth-order valence-electron chi connectivity index (χ4n) is 1.41. The molecule has 116 valence electrons. The van der Waals surface area contributed by atoms with Gasteiger partial charge in [0.2, 0.25) is 0 Å². The fraction of sp³-hybridized carbons (Fsp3) is 0.467. The summed E-state index contributed by atoms with van der Waals surface area (Å²) < 4.78 is 10.3. The van der Waals surface area contributed by atoms with Crippen LogP contribution in [-0.4, -0.2) is 42.8 Å². The maximum atomic E-state index is 11.8. The Hall–Kier alpha value is -1.75. The van der Waals surface area contributed by atoms with E-state index in [2.05, 4.69) is 0 Å². The molecule has 0 saturated carbocycles. The second kappa shape index (κ2) is 7.31. The van der Waals surface area contributed by atoms with Gasteiger partial charge in [-0.15, -0.1) is 0 Å². The van der Waals surface area contributed by atoms with E-state index < -0.39 is 17.7 Å². The number of hydrogen-bond acceptors (Lipinski definition) is 4. The smallest absolute Gasteiger partial charge is 0.410 e. The van der Waals surface area contributed by atoms with E-state index in [1.165, 1.54) is 11.0 Å². The van der Waals surface area contributed by atoms with Gasteiger partial charge in [0.1, 0.15) is 12.2 Å². The Bertz CT molecular complexity index is 511. The van der Waals surface area contributed by atoms with Crippen molar-refractivity contribution in [3.8, 4) is 0 Å². The summed E-state index contributed by atoms with van der Waals surface area (Å²) in [5, 5.41) is 0.468. The average Bonchev–Trinajstić information content (AvgIpc) is 2.36. The van der Waals surface area contributed by atoms with Gasteiger partial charge in [-0.05, 0) is 39.0 Å². The zero-order valence-corrected chi connectivity index (χ0v) is 13.4. The van der Waals surface area contributed by atoms with Crippen LogP contribution in [0.5, 0.6) is 0 Å². The number of benzene rings is 1. The standard InChI is InChI=1S/C15H20ClNO4/c1-15(2,3)21-14(19)17(4)8-9-20-13(18)11-6-5-7-12(16)10-11/h5-7,10H,8-9H2,1-4H3. The van der Waals surface area contributed by atoms with E-state index in [0.717, 1.165) is 0 Å². The third-order valence-electron chi connectivity index (χ3n) is 2.43. The van der Waals surface area contributed by atoms with Crippen molar-refractivity contribution < 1.29 is 19.1 Å². The lowest BCUT2D eigenvalue weighted by atomic mass is 10.2. The van der Waals surface area contributed by atoms with E-state index in [1.807, 2.05) is 0 Å². The number of hydrogen-bond donors (Lipinski definition) is 0. The molecule has 21 heavy (non-hydrogen) atoms. The highest BCUT2D eigenvalue weighted by Gasteiger charge is 2.19. The molecule has 0 aliphatic rings. The minimum Gasteiger partial charge on any atom is -0.460 e. The number of halogens is 1. The predicted molar refractivity (Wildman–Crippen MR) is 80.6 cm³/mol. The third kappa shape index (κ3) is 6.49. The summed E-state index contributed by atoms with van der Waals surface area (Å²) >= 11 is 5.80. The molecule has 1 aromatic carbocycles. The van der Waals surface area contributed by atoms with Gasteiger partial charge in [0.25, 0.3) is 0 Å². The van der Waals surface area contributed by atoms with Gasteiger partial charge in [0.15, 0.2) is 0 Å². The predicted octanol–water partition coefficient (Wildman–Crippen LogP) is 3.36. The molecule has 0 heterocycles. The van der Waals surface area contributed by atoms with Crippen LogP contribution in [0.2, 0.25) is 5.02 Å². The molecule has 0 atom stereocenters. The van der Waals surface area contributed by atoms with Crippen LogP contribution in [0.3, 0.4) is 0 Å². The first-order valence-corrected chi connectivity index (χ1v) is 6.93. The van der Waals surface area contributed by atoms with Crippen molar-refractivity contribution in [2.75, 3.05) is 20.2 Å². The lowest BCUT2D eigenvalue weighted by molar-refractivity contribution is 0.0217. The van der Waals surface area contributed by atoms with Crippen molar-refractivity contribution in [2.45, 2.75) is 26.4 Å². The van der Waals surface area contributed by atoms with Crippen LogP contribution in [0.15, 0.2) is 24.3 Å². The Labute approximate surface area is 129 Å². The average molecular weight is 314 g/mol. The van der Waals surface area contributed by atoms with Crippen molar-refractivity contribution >= 4 is 23.7 Å². The van der Waals surface area contributed by atoms with Gasteiger partial charge in [0.05, 0.1) is 12.1 Å². The molecule has 0 aliphatic carbocycles. The first kappa shape index (κ1) is 17.3. The molecular formula is C15H20ClNO4. The molecule has 0 aromatic heterocycles. The monoisotopic (exact) mass is 313 g/mol. The summed E-state index contributed by atoms with van der Waals surface area (Å²) in [6, 6.07) is 6.49. The minimum absolute atomic E-state index is 0.0844. The first-order valence-electron chi connectivity index (χ1n) is 6.56. The number of amides is 1. The maximum Gasteiger partial charge on any atom is 0.410 e. The van der Waals surface area contributed by atoms with E-state index in [0.29, 0.717) is 10.6 Å². The van der Waals surface area contributed by atoms with Crippen LogP contribution < -0.4 is 0 Å². The summed E-state index contributed by atoms with van der Waals surface area (Å²) in [6.45, 7) is 5.70. The number of carbonyl (C=O) groups excluding carboxylic acids is 2. The second-order valence-corrected chi connectivity index (χ2v) is 5.98. The number of carbonyl (C=O) groups is 2. The van der Waals surface area contributed by atoms with Crippen molar-refractivity contribution in [3.63, 3.8) is 0 Å². The highest BCUT2D eigenvalue weighted by Crippen LogP contribution is 2.12. The van der Waals surface area contributed by atoms with E-state index in [4.69, 9.17) is 21.1 Å². The van der Waals surface area contributed by atoms with Crippen LogP contribution in [-0.2, 0) is 9.47 Å². The van der Waals surface area contributed by atoms with Crippen LogP contribution in [0.25, 0.3) is 0 Å². The quantitative estimate of drug-likeness (QED) is 0.800. The van der Waals surface area contributed by atoms with Crippen LogP contribution in [0.1, 0.15) is 31.1 Å².